The Bertz CT molecular complexity index is 612. The van der Waals surface area contributed by atoms with Gasteiger partial charge in [-0.3, -0.25) is 4.98 Å². The van der Waals surface area contributed by atoms with Gasteiger partial charge in [0.05, 0.1) is 17.6 Å². The number of hydrogen-bond donors (Lipinski definition) is 2. The fourth-order valence-electron chi connectivity index (χ4n) is 1.94. The first-order chi connectivity index (χ1) is 10.3. The number of aromatic nitrogens is 1. The average molecular weight is 279 g/mol. The third-order valence-corrected chi connectivity index (χ3v) is 2.99. The normalized spacial score (nSPS) is 9.76. The molecule has 1 aromatic heterocycles. The zero-order chi connectivity index (χ0) is 14.9. The molecule has 0 saturated heterocycles. The lowest BCUT2D eigenvalue weighted by molar-refractivity contribution is 0.884. The smallest absolute Gasteiger partial charge is 0.0740 e. The van der Waals surface area contributed by atoms with Crippen molar-refractivity contribution in [3.63, 3.8) is 0 Å². The third kappa shape index (κ3) is 4.80. The van der Waals surface area contributed by atoms with Crippen molar-refractivity contribution < 1.29 is 0 Å². The van der Waals surface area contributed by atoms with Crippen LogP contribution in [-0.2, 0) is 6.42 Å². The first-order valence-electron chi connectivity index (χ1n) is 7.19. The predicted octanol–water partition coefficient (Wildman–Crippen LogP) is 4.48. The highest BCUT2D eigenvalue weighted by atomic mass is 14.9. The topological polar surface area (TPSA) is 50.9 Å². The zero-order valence-corrected chi connectivity index (χ0v) is 12.3. The quantitative estimate of drug-likeness (QED) is 0.867. The van der Waals surface area contributed by atoms with Crippen LogP contribution in [0.5, 0.6) is 0 Å². The molecule has 3 heteroatoms. The van der Waals surface area contributed by atoms with E-state index in [0.717, 1.165) is 29.9 Å². The number of anilines is 3. The number of aryl methyl sites for hydroxylation is 1. The molecule has 2 rings (SSSR count). The number of rotatable bonds is 4. The standard InChI is InChI=1S/C18H21N3/c1-2-10-16-13-18(17(19)14-20-16)21-15-11-8-6-4-3-5-7-9-12-15/h3-9,11-14H,2,10,19H2,1H3,(H,20,21). The monoisotopic (exact) mass is 279 g/mol. The molecule has 0 saturated carbocycles. The van der Waals surface area contributed by atoms with Crippen molar-refractivity contribution in [1.29, 1.82) is 0 Å². The Kier molecular flexibility index (Phi) is 5.59. The number of nitrogens with two attached hydrogens (primary N) is 1. The van der Waals surface area contributed by atoms with Gasteiger partial charge in [0, 0.05) is 11.4 Å². The van der Waals surface area contributed by atoms with Crippen molar-refractivity contribution in [2.75, 3.05) is 11.1 Å². The molecule has 0 amide bonds. The Balaban J connectivity index is 2.31. The van der Waals surface area contributed by atoms with Gasteiger partial charge in [-0.1, -0.05) is 55.8 Å². The Morgan fingerprint density at radius 2 is 1.62 bits per heavy atom. The SMILES string of the molecule is CCCc1cc(Nc2ccccccccc2)c(N)cn1. The minimum Gasteiger partial charge on any atom is -0.396 e. The van der Waals surface area contributed by atoms with Crippen LogP contribution < -0.4 is 11.1 Å². The van der Waals surface area contributed by atoms with Gasteiger partial charge in [-0.25, -0.2) is 0 Å². The first-order valence-corrected chi connectivity index (χ1v) is 7.19. The van der Waals surface area contributed by atoms with E-state index in [9.17, 15) is 0 Å². The van der Waals surface area contributed by atoms with E-state index in [0.29, 0.717) is 5.69 Å². The van der Waals surface area contributed by atoms with Gasteiger partial charge < -0.3 is 11.1 Å². The maximum absolute atomic E-state index is 6.01. The molecule has 0 fully saturated rings. The van der Waals surface area contributed by atoms with Gasteiger partial charge in [0.15, 0.2) is 0 Å². The summed E-state index contributed by atoms with van der Waals surface area (Å²) in [6.07, 6.45) is 3.74. The van der Waals surface area contributed by atoms with Crippen LogP contribution in [0.3, 0.4) is 0 Å². The highest BCUT2D eigenvalue weighted by Crippen LogP contribution is 2.22. The number of pyridine rings is 1. The molecule has 0 aliphatic rings. The van der Waals surface area contributed by atoms with E-state index in [1.165, 1.54) is 0 Å². The lowest BCUT2D eigenvalue weighted by Gasteiger charge is -2.10. The van der Waals surface area contributed by atoms with E-state index in [4.69, 9.17) is 5.73 Å². The molecule has 0 aliphatic heterocycles. The second-order valence-electron chi connectivity index (χ2n) is 4.77. The maximum Gasteiger partial charge on any atom is 0.0740 e. The Hall–Kier alpha value is -2.55. The molecule has 0 atom stereocenters. The van der Waals surface area contributed by atoms with Gasteiger partial charge in [-0.05, 0) is 24.6 Å². The molecule has 2 aromatic rings. The molecule has 21 heavy (non-hydrogen) atoms. The number of nitrogens with zero attached hydrogens (tertiary/aromatic N) is 1. The van der Waals surface area contributed by atoms with Gasteiger partial charge in [-0.15, -0.1) is 0 Å². The van der Waals surface area contributed by atoms with Crippen molar-refractivity contribution in [2.24, 2.45) is 0 Å². The molecule has 0 radical (unpaired) electrons. The minimum absolute atomic E-state index is 0.653. The van der Waals surface area contributed by atoms with E-state index in [1.54, 1.807) is 6.20 Å². The lowest BCUT2D eigenvalue weighted by atomic mass is 10.2. The summed E-state index contributed by atoms with van der Waals surface area (Å²) < 4.78 is 0. The third-order valence-electron chi connectivity index (χ3n) is 2.99. The Morgan fingerprint density at radius 3 is 2.24 bits per heavy atom. The van der Waals surface area contributed by atoms with Gasteiger partial charge in [0.25, 0.3) is 0 Å². The zero-order valence-electron chi connectivity index (χ0n) is 12.3. The lowest BCUT2D eigenvalue weighted by Crippen LogP contribution is -1.99. The van der Waals surface area contributed by atoms with E-state index in [-0.39, 0.29) is 0 Å². The second-order valence-corrected chi connectivity index (χ2v) is 4.77. The predicted molar refractivity (Wildman–Crippen MR) is 90.0 cm³/mol. The van der Waals surface area contributed by atoms with E-state index in [2.05, 4.69) is 17.2 Å². The van der Waals surface area contributed by atoms with Crippen LogP contribution in [0.25, 0.3) is 0 Å². The van der Waals surface area contributed by atoms with Crippen LogP contribution >= 0.6 is 0 Å². The Morgan fingerprint density at radius 1 is 1.00 bits per heavy atom. The summed E-state index contributed by atoms with van der Waals surface area (Å²) in [6.45, 7) is 2.14. The van der Waals surface area contributed by atoms with E-state index >= 15 is 0 Å². The van der Waals surface area contributed by atoms with Crippen molar-refractivity contribution in [3.8, 4) is 0 Å². The summed E-state index contributed by atoms with van der Waals surface area (Å²) >= 11 is 0. The van der Waals surface area contributed by atoms with Gasteiger partial charge in [0.1, 0.15) is 0 Å². The van der Waals surface area contributed by atoms with Crippen molar-refractivity contribution >= 4 is 17.1 Å². The largest absolute Gasteiger partial charge is 0.396 e. The number of nitrogens with one attached hydrogen (secondary N) is 1. The molecule has 1 aromatic carbocycles. The molecular formula is C18H21N3. The van der Waals surface area contributed by atoms with E-state index in [1.807, 2.05) is 60.7 Å². The average Bonchev–Trinajstić information content (AvgIpc) is 2.49. The molecule has 0 spiro atoms. The molecule has 0 aliphatic carbocycles. The summed E-state index contributed by atoms with van der Waals surface area (Å²) in [5.41, 5.74) is 9.59. The molecule has 1 heterocycles. The fourth-order valence-corrected chi connectivity index (χ4v) is 1.94. The first kappa shape index (κ1) is 14.9. The van der Waals surface area contributed by atoms with Gasteiger partial charge >= 0.3 is 0 Å². The van der Waals surface area contributed by atoms with Crippen LogP contribution in [0.15, 0.2) is 66.9 Å². The summed E-state index contributed by atoms with van der Waals surface area (Å²) in [6, 6.07) is 20.0. The molecule has 3 N–H and O–H groups in total. The molecule has 3 nitrogen and oxygen atoms in total. The number of hydrogen-bond acceptors (Lipinski definition) is 3. The highest BCUT2D eigenvalue weighted by Gasteiger charge is 2.02. The van der Waals surface area contributed by atoms with Crippen molar-refractivity contribution in [2.45, 2.75) is 19.8 Å². The van der Waals surface area contributed by atoms with Crippen LogP contribution in [0.2, 0.25) is 0 Å². The minimum atomic E-state index is 0.653. The fraction of sp³-hybridized carbons (Fsp3) is 0.167. The maximum atomic E-state index is 6.01. The summed E-state index contributed by atoms with van der Waals surface area (Å²) in [5, 5.41) is 3.36. The van der Waals surface area contributed by atoms with Crippen molar-refractivity contribution in [1.82, 2.24) is 4.98 Å². The second kappa shape index (κ2) is 7.90. The van der Waals surface area contributed by atoms with Crippen molar-refractivity contribution in [3.05, 3.63) is 72.6 Å². The highest BCUT2D eigenvalue weighted by molar-refractivity contribution is 5.71. The molecule has 0 bridgehead atoms. The molecule has 0 unspecified atom stereocenters. The Labute approximate surface area is 126 Å². The van der Waals surface area contributed by atoms with Crippen LogP contribution in [0.1, 0.15) is 19.0 Å². The summed E-state index contributed by atoms with van der Waals surface area (Å²) in [4.78, 5) is 4.35. The number of nitrogen functional groups attached to an aromatic ring is 1. The summed E-state index contributed by atoms with van der Waals surface area (Å²) in [7, 11) is 0. The van der Waals surface area contributed by atoms with Gasteiger partial charge in [-0.2, -0.15) is 0 Å². The van der Waals surface area contributed by atoms with Crippen LogP contribution in [-0.4, -0.2) is 4.98 Å². The molecular weight excluding hydrogens is 258 g/mol. The van der Waals surface area contributed by atoms with Crippen LogP contribution in [0, 0.1) is 0 Å². The van der Waals surface area contributed by atoms with Crippen LogP contribution in [0.4, 0.5) is 17.1 Å². The molecule has 108 valence electrons. The van der Waals surface area contributed by atoms with Gasteiger partial charge in [0.2, 0.25) is 0 Å². The summed E-state index contributed by atoms with van der Waals surface area (Å²) in [5.74, 6) is 0. The van der Waals surface area contributed by atoms with E-state index < -0.39 is 0 Å².